The number of amides is 2. The fraction of sp³-hybridized carbons (Fsp3) is 0.667. The summed E-state index contributed by atoms with van der Waals surface area (Å²) in [7, 11) is 0. The summed E-state index contributed by atoms with van der Waals surface area (Å²) in [4.78, 5) is 32.3. The fourth-order valence-corrected chi connectivity index (χ4v) is 1.30. The monoisotopic (exact) mass is 248 g/mol. The average molecular weight is 248 g/mol. The van der Waals surface area contributed by atoms with Crippen molar-refractivity contribution in [2.75, 3.05) is 18.8 Å². The van der Waals surface area contributed by atoms with Crippen LogP contribution in [0.2, 0.25) is 0 Å². The van der Waals surface area contributed by atoms with E-state index < -0.39 is 18.4 Å². The molecule has 0 aromatic heterocycles. The number of carboxylic acids is 1. The molecule has 0 spiro atoms. The number of rotatable bonds is 7. The normalized spacial score (nSPS) is 9.94. The third-order valence-electron chi connectivity index (χ3n) is 1.43. The molecule has 0 aromatic carbocycles. The maximum absolute atomic E-state index is 11.2. The van der Waals surface area contributed by atoms with Crippen molar-refractivity contribution in [1.29, 1.82) is 0 Å². The molecule has 0 saturated heterocycles. The standard InChI is InChI=1S/C9H16N2O4S/c1-6(2)16-5-8(13)10-3-7(12)11-4-9(14)15/h6H,3-5H2,1-2H3,(H,10,13)(H,11,12)(H,14,15). The Kier molecular flexibility index (Phi) is 7.36. The quantitative estimate of drug-likeness (QED) is 0.561. The summed E-state index contributed by atoms with van der Waals surface area (Å²) in [6, 6.07) is 0. The minimum Gasteiger partial charge on any atom is -0.480 e. The number of hydrogen-bond acceptors (Lipinski definition) is 4. The summed E-state index contributed by atoms with van der Waals surface area (Å²) < 4.78 is 0. The van der Waals surface area contributed by atoms with E-state index in [1.807, 2.05) is 13.8 Å². The van der Waals surface area contributed by atoms with Gasteiger partial charge in [-0.05, 0) is 5.25 Å². The highest BCUT2D eigenvalue weighted by molar-refractivity contribution is 8.00. The van der Waals surface area contributed by atoms with E-state index in [-0.39, 0.29) is 12.5 Å². The molecule has 0 fully saturated rings. The van der Waals surface area contributed by atoms with Crippen molar-refractivity contribution < 1.29 is 19.5 Å². The molecule has 0 radical (unpaired) electrons. The Morgan fingerprint density at radius 2 is 1.69 bits per heavy atom. The van der Waals surface area contributed by atoms with Crippen LogP contribution >= 0.6 is 11.8 Å². The number of carbonyl (C=O) groups is 3. The van der Waals surface area contributed by atoms with E-state index in [1.54, 1.807) is 0 Å². The third kappa shape index (κ3) is 9.32. The molecular formula is C9H16N2O4S. The predicted octanol–water partition coefficient (Wildman–Crippen LogP) is -0.555. The molecular weight excluding hydrogens is 232 g/mol. The van der Waals surface area contributed by atoms with Gasteiger partial charge in [0.25, 0.3) is 0 Å². The largest absolute Gasteiger partial charge is 0.480 e. The van der Waals surface area contributed by atoms with Crippen molar-refractivity contribution in [2.45, 2.75) is 19.1 Å². The van der Waals surface area contributed by atoms with E-state index in [4.69, 9.17) is 5.11 Å². The van der Waals surface area contributed by atoms with Crippen molar-refractivity contribution in [3.8, 4) is 0 Å². The van der Waals surface area contributed by atoms with Crippen molar-refractivity contribution in [1.82, 2.24) is 10.6 Å². The van der Waals surface area contributed by atoms with Crippen LogP contribution in [0, 0.1) is 0 Å². The van der Waals surface area contributed by atoms with E-state index in [9.17, 15) is 14.4 Å². The summed E-state index contributed by atoms with van der Waals surface area (Å²) in [5.74, 6) is -1.56. The van der Waals surface area contributed by atoms with Gasteiger partial charge < -0.3 is 15.7 Å². The lowest BCUT2D eigenvalue weighted by Gasteiger charge is -2.06. The Morgan fingerprint density at radius 1 is 1.12 bits per heavy atom. The van der Waals surface area contributed by atoms with Gasteiger partial charge in [-0.1, -0.05) is 13.8 Å². The first-order valence-corrected chi connectivity index (χ1v) is 5.83. The van der Waals surface area contributed by atoms with Gasteiger partial charge in [-0.3, -0.25) is 14.4 Å². The summed E-state index contributed by atoms with van der Waals surface area (Å²) in [6.45, 7) is 3.31. The molecule has 0 unspecified atom stereocenters. The van der Waals surface area contributed by atoms with E-state index >= 15 is 0 Å². The lowest BCUT2D eigenvalue weighted by molar-refractivity contribution is -0.137. The minimum atomic E-state index is -1.12. The Hall–Kier alpha value is -1.24. The molecule has 2 amide bonds. The number of aliphatic carboxylic acids is 1. The Morgan fingerprint density at radius 3 is 2.19 bits per heavy atom. The van der Waals surface area contributed by atoms with Crippen LogP contribution in [0.4, 0.5) is 0 Å². The molecule has 0 aliphatic carbocycles. The molecule has 0 aliphatic heterocycles. The summed E-state index contributed by atoms with van der Waals surface area (Å²) in [5.41, 5.74) is 0. The summed E-state index contributed by atoms with van der Waals surface area (Å²) >= 11 is 1.47. The Labute approximate surface area is 98.2 Å². The molecule has 0 heterocycles. The molecule has 16 heavy (non-hydrogen) atoms. The molecule has 0 atom stereocenters. The molecule has 0 aliphatic rings. The van der Waals surface area contributed by atoms with E-state index in [0.29, 0.717) is 11.0 Å². The van der Waals surface area contributed by atoms with Gasteiger partial charge in [0.2, 0.25) is 11.8 Å². The highest BCUT2D eigenvalue weighted by atomic mass is 32.2. The molecule has 0 bridgehead atoms. The molecule has 6 nitrogen and oxygen atoms in total. The summed E-state index contributed by atoms with van der Waals surface area (Å²) in [5, 5.41) is 13.2. The highest BCUT2D eigenvalue weighted by Crippen LogP contribution is 2.07. The second-order valence-corrected chi connectivity index (χ2v) is 4.87. The van der Waals surface area contributed by atoms with Crippen molar-refractivity contribution in [3.05, 3.63) is 0 Å². The van der Waals surface area contributed by atoms with Crippen LogP contribution in [0.3, 0.4) is 0 Å². The zero-order chi connectivity index (χ0) is 12.6. The van der Waals surface area contributed by atoms with Crippen LogP contribution < -0.4 is 10.6 Å². The molecule has 0 saturated carbocycles. The maximum atomic E-state index is 11.2. The summed E-state index contributed by atoms with van der Waals surface area (Å²) in [6.07, 6.45) is 0. The van der Waals surface area contributed by atoms with Gasteiger partial charge >= 0.3 is 5.97 Å². The van der Waals surface area contributed by atoms with E-state index in [1.165, 1.54) is 11.8 Å². The van der Waals surface area contributed by atoms with Gasteiger partial charge in [0.15, 0.2) is 0 Å². The molecule has 3 N–H and O–H groups in total. The van der Waals surface area contributed by atoms with Crippen LogP contribution in [0.15, 0.2) is 0 Å². The predicted molar refractivity (Wildman–Crippen MR) is 61.2 cm³/mol. The number of thioether (sulfide) groups is 1. The average Bonchev–Trinajstić information content (AvgIpc) is 2.20. The number of hydrogen-bond donors (Lipinski definition) is 3. The van der Waals surface area contributed by atoms with Gasteiger partial charge in [0.1, 0.15) is 6.54 Å². The molecule has 0 aromatic rings. The fourth-order valence-electron chi connectivity index (χ4n) is 0.709. The lowest BCUT2D eigenvalue weighted by Crippen LogP contribution is -2.39. The Bertz CT molecular complexity index is 268. The van der Waals surface area contributed by atoms with Gasteiger partial charge in [0.05, 0.1) is 12.3 Å². The Balaban J connectivity index is 3.59. The van der Waals surface area contributed by atoms with Crippen LogP contribution in [-0.4, -0.2) is 47.0 Å². The van der Waals surface area contributed by atoms with E-state index in [0.717, 1.165) is 0 Å². The minimum absolute atomic E-state index is 0.190. The highest BCUT2D eigenvalue weighted by Gasteiger charge is 2.07. The molecule has 0 rings (SSSR count). The van der Waals surface area contributed by atoms with Crippen LogP contribution in [0.5, 0.6) is 0 Å². The van der Waals surface area contributed by atoms with Gasteiger partial charge in [-0.2, -0.15) is 0 Å². The first-order valence-electron chi connectivity index (χ1n) is 4.78. The van der Waals surface area contributed by atoms with Crippen molar-refractivity contribution in [3.63, 3.8) is 0 Å². The van der Waals surface area contributed by atoms with Crippen LogP contribution in [0.25, 0.3) is 0 Å². The topological polar surface area (TPSA) is 95.5 Å². The van der Waals surface area contributed by atoms with Crippen molar-refractivity contribution in [2.24, 2.45) is 0 Å². The first-order chi connectivity index (χ1) is 7.41. The molecule has 7 heteroatoms. The van der Waals surface area contributed by atoms with Crippen molar-refractivity contribution >= 4 is 29.5 Å². The molecule has 92 valence electrons. The van der Waals surface area contributed by atoms with Gasteiger partial charge in [-0.25, -0.2) is 0 Å². The third-order valence-corrected chi connectivity index (χ3v) is 2.53. The number of carboxylic acid groups (broad SMARTS) is 1. The zero-order valence-electron chi connectivity index (χ0n) is 9.28. The number of carbonyl (C=O) groups excluding carboxylic acids is 2. The SMILES string of the molecule is CC(C)SCC(=O)NCC(=O)NCC(=O)O. The van der Waals surface area contributed by atoms with Gasteiger partial charge in [-0.15, -0.1) is 11.8 Å². The van der Waals surface area contributed by atoms with Crippen LogP contribution in [-0.2, 0) is 14.4 Å². The first kappa shape index (κ1) is 14.8. The lowest BCUT2D eigenvalue weighted by atomic mass is 10.5. The number of nitrogens with one attached hydrogen (secondary N) is 2. The van der Waals surface area contributed by atoms with Gasteiger partial charge in [0, 0.05) is 0 Å². The van der Waals surface area contributed by atoms with E-state index in [2.05, 4.69) is 10.6 Å². The van der Waals surface area contributed by atoms with Crippen LogP contribution in [0.1, 0.15) is 13.8 Å². The smallest absolute Gasteiger partial charge is 0.322 e. The second kappa shape index (κ2) is 7.98. The zero-order valence-corrected chi connectivity index (χ0v) is 10.1. The maximum Gasteiger partial charge on any atom is 0.322 e. The second-order valence-electron chi connectivity index (χ2n) is 3.31.